The Labute approximate surface area is 181 Å². The predicted octanol–water partition coefficient (Wildman–Crippen LogP) is 3.51. The number of aliphatic hydroxyl groups excluding tert-OH is 1. The molecular weight excluding hydrogens is 392 g/mol. The van der Waals surface area contributed by atoms with E-state index >= 15 is 0 Å². The number of ether oxygens (including phenoxy) is 1. The topological polar surface area (TPSA) is 107 Å². The summed E-state index contributed by atoms with van der Waals surface area (Å²) in [4.78, 5) is 16.8. The van der Waals surface area contributed by atoms with Gasteiger partial charge in [-0.1, -0.05) is 30.8 Å². The van der Waals surface area contributed by atoms with E-state index in [0.29, 0.717) is 23.6 Å². The average molecular weight is 416 g/mol. The van der Waals surface area contributed by atoms with E-state index in [9.17, 15) is 9.90 Å². The zero-order valence-corrected chi connectivity index (χ0v) is 17.5. The highest BCUT2D eigenvalue weighted by Gasteiger charge is 2.13. The summed E-state index contributed by atoms with van der Waals surface area (Å²) >= 11 is 0. The van der Waals surface area contributed by atoms with Crippen molar-refractivity contribution in [3.63, 3.8) is 0 Å². The lowest BCUT2D eigenvalue weighted by Gasteiger charge is -2.15. The van der Waals surface area contributed by atoms with Crippen molar-refractivity contribution in [2.45, 2.75) is 13.0 Å². The molecule has 0 aliphatic rings. The minimum atomic E-state index is -0.634. The molecule has 31 heavy (non-hydrogen) atoms. The van der Waals surface area contributed by atoms with Crippen LogP contribution in [0.3, 0.4) is 0 Å². The molecule has 1 unspecified atom stereocenters. The molecule has 0 bridgehead atoms. The third kappa shape index (κ3) is 5.18. The molecule has 0 fully saturated rings. The fourth-order valence-corrected chi connectivity index (χ4v) is 3.10. The largest absolute Gasteiger partial charge is 0.495 e. The normalized spacial score (nSPS) is 11.4. The molecule has 158 valence electrons. The summed E-state index contributed by atoms with van der Waals surface area (Å²) in [6, 6.07) is 17.0. The molecule has 7 nitrogen and oxygen atoms in total. The molecule has 0 spiro atoms. The van der Waals surface area contributed by atoms with E-state index in [4.69, 9.17) is 10.00 Å². The van der Waals surface area contributed by atoms with Gasteiger partial charge in [-0.15, -0.1) is 0 Å². The lowest BCUT2D eigenvalue weighted by molar-refractivity contribution is 0.0919. The second-order valence-electron chi connectivity index (χ2n) is 7.11. The van der Waals surface area contributed by atoms with Gasteiger partial charge in [0.05, 0.1) is 30.7 Å². The lowest BCUT2D eigenvalue weighted by atomic mass is 10.0. The SMILES string of the molecule is C=C(C#N)CNc1c(OC)ccc2ccc(-c3cccc(C(=O)NCC(C)O)n3)cc12. The summed E-state index contributed by atoms with van der Waals surface area (Å²) in [6.07, 6.45) is -0.634. The standard InChI is InChI=1S/C24H24N4O3/c1-15(12-25)13-26-23-19-11-18(8-7-17(19)9-10-22(23)31-3)20-5-4-6-21(28-20)24(30)27-14-16(2)29/h4-11,16,26,29H,1,13-14H2,2-3H3,(H,27,30). The summed E-state index contributed by atoms with van der Waals surface area (Å²) < 4.78 is 5.50. The van der Waals surface area contributed by atoms with Crippen LogP contribution < -0.4 is 15.4 Å². The highest BCUT2D eigenvalue weighted by molar-refractivity contribution is 5.99. The number of pyridine rings is 1. The highest BCUT2D eigenvalue weighted by Crippen LogP contribution is 2.35. The van der Waals surface area contributed by atoms with Crippen LogP contribution in [0, 0.1) is 11.3 Å². The number of nitriles is 1. The maximum absolute atomic E-state index is 12.3. The minimum Gasteiger partial charge on any atom is -0.495 e. The molecule has 2 aromatic carbocycles. The molecule has 3 aromatic rings. The summed E-state index contributed by atoms with van der Waals surface area (Å²) in [6.45, 7) is 5.77. The molecule has 0 aliphatic carbocycles. The van der Waals surface area contributed by atoms with Crippen LogP contribution in [0.2, 0.25) is 0 Å². The summed E-state index contributed by atoms with van der Waals surface area (Å²) in [5.41, 5.74) is 2.90. The quantitative estimate of drug-likeness (QED) is 0.485. The number of hydrogen-bond acceptors (Lipinski definition) is 6. The maximum atomic E-state index is 12.3. The molecule has 1 amide bonds. The van der Waals surface area contributed by atoms with Gasteiger partial charge in [0.15, 0.2) is 0 Å². The number of aromatic nitrogens is 1. The Morgan fingerprint density at radius 3 is 2.77 bits per heavy atom. The van der Waals surface area contributed by atoms with E-state index in [0.717, 1.165) is 22.0 Å². The molecule has 1 aromatic heterocycles. The van der Waals surface area contributed by atoms with Crippen molar-refractivity contribution < 1.29 is 14.6 Å². The lowest BCUT2D eigenvalue weighted by Crippen LogP contribution is -2.31. The van der Waals surface area contributed by atoms with E-state index in [1.54, 1.807) is 26.2 Å². The van der Waals surface area contributed by atoms with Crippen LogP contribution in [0.4, 0.5) is 5.69 Å². The van der Waals surface area contributed by atoms with Gasteiger partial charge in [-0.05, 0) is 36.6 Å². The Morgan fingerprint density at radius 2 is 2.06 bits per heavy atom. The number of rotatable bonds is 8. The molecule has 1 heterocycles. The smallest absolute Gasteiger partial charge is 0.269 e. The highest BCUT2D eigenvalue weighted by atomic mass is 16.5. The first-order chi connectivity index (χ1) is 14.9. The van der Waals surface area contributed by atoms with Crippen molar-refractivity contribution in [3.05, 3.63) is 66.4 Å². The van der Waals surface area contributed by atoms with Gasteiger partial charge < -0.3 is 20.5 Å². The fraction of sp³-hybridized carbons (Fsp3) is 0.208. The Balaban J connectivity index is 2.00. The third-order valence-electron chi connectivity index (χ3n) is 4.68. The van der Waals surface area contributed by atoms with Gasteiger partial charge in [-0.25, -0.2) is 4.98 Å². The van der Waals surface area contributed by atoms with Crippen molar-refractivity contribution in [2.75, 3.05) is 25.5 Å². The number of carbonyl (C=O) groups excluding carboxylic acids is 1. The van der Waals surface area contributed by atoms with Crippen LogP contribution in [0.15, 0.2) is 60.7 Å². The number of amides is 1. The number of fused-ring (bicyclic) bond motifs is 1. The van der Waals surface area contributed by atoms with Crippen molar-refractivity contribution in [3.8, 4) is 23.1 Å². The van der Waals surface area contributed by atoms with Crippen molar-refractivity contribution in [1.82, 2.24) is 10.3 Å². The fourth-order valence-electron chi connectivity index (χ4n) is 3.10. The molecule has 0 radical (unpaired) electrons. The monoisotopic (exact) mass is 416 g/mol. The summed E-state index contributed by atoms with van der Waals surface area (Å²) in [5.74, 6) is 0.303. The number of aliphatic hydroxyl groups is 1. The number of hydrogen-bond donors (Lipinski definition) is 3. The maximum Gasteiger partial charge on any atom is 0.269 e. The van der Waals surface area contributed by atoms with E-state index in [-0.39, 0.29) is 18.1 Å². The zero-order chi connectivity index (χ0) is 22.4. The summed E-state index contributed by atoms with van der Waals surface area (Å²) in [7, 11) is 1.59. The van der Waals surface area contributed by atoms with Gasteiger partial charge in [-0.2, -0.15) is 5.26 Å². The Hall–Kier alpha value is -3.89. The second-order valence-corrected chi connectivity index (χ2v) is 7.11. The van der Waals surface area contributed by atoms with Crippen LogP contribution >= 0.6 is 0 Å². The molecule has 0 saturated heterocycles. The number of anilines is 1. The molecule has 0 saturated carbocycles. The second kappa shape index (κ2) is 9.74. The van der Waals surface area contributed by atoms with E-state index in [1.807, 2.05) is 42.5 Å². The van der Waals surface area contributed by atoms with E-state index in [1.165, 1.54) is 0 Å². The van der Waals surface area contributed by atoms with Crippen LogP contribution in [0.25, 0.3) is 22.0 Å². The first kappa shape index (κ1) is 21.8. The average Bonchev–Trinajstić information content (AvgIpc) is 2.80. The van der Waals surface area contributed by atoms with Crippen molar-refractivity contribution in [1.29, 1.82) is 5.26 Å². The molecule has 3 rings (SSSR count). The van der Waals surface area contributed by atoms with Crippen molar-refractivity contribution >= 4 is 22.4 Å². The molecule has 1 atom stereocenters. The van der Waals surface area contributed by atoms with Gasteiger partial charge in [0.2, 0.25) is 0 Å². The number of nitrogens with zero attached hydrogens (tertiary/aromatic N) is 2. The van der Waals surface area contributed by atoms with E-state index in [2.05, 4.69) is 22.2 Å². The number of methoxy groups -OCH3 is 1. The van der Waals surface area contributed by atoms with Gasteiger partial charge in [0, 0.05) is 29.6 Å². The van der Waals surface area contributed by atoms with Gasteiger partial charge in [-0.3, -0.25) is 4.79 Å². The van der Waals surface area contributed by atoms with Crippen LogP contribution in [0.5, 0.6) is 5.75 Å². The molecule has 0 aliphatic heterocycles. The Morgan fingerprint density at radius 1 is 1.29 bits per heavy atom. The number of nitrogens with one attached hydrogen (secondary N) is 2. The van der Waals surface area contributed by atoms with Gasteiger partial charge in [0.25, 0.3) is 5.91 Å². The molecule has 3 N–H and O–H groups in total. The first-order valence-electron chi connectivity index (χ1n) is 9.79. The minimum absolute atomic E-state index is 0.156. The van der Waals surface area contributed by atoms with Crippen LogP contribution in [-0.4, -0.2) is 42.3 Å². The molecule has 7 heteroatoms. The Kier molecular flexibility index (Phi) is 6.85. The Bertz CT molecular complexity index is 1170. The van der Waals surface area contributed by atoms with Gasteiger partial charge >= 0.3 is 0 Å². The zero-order valence-electron chi connectivity index (χ0n) is 17.5. The van der Waals surface area contributed by atoms with E-state index < -0.39 is 6.10 Å². The number of benzene rings is 2. The molecular formula is C24H24N4O3. The summed E-state index contributed by atoms with van der Waals surface area (Å²) in [5, 5.41) is 26.2. The predicted molar refractivity (Wildman–Crippen MR) is 121 cm³/mol. The van der Waals surface area contributed by atoms with Gasteiger partial charge in [0.1, 0.15) is 11.4 Å². The van der Waals surface area contributed by atoms with Crippen LogP contribution in [0.1, 0.15) is 17.4 Å². The first-order valence-corrected chi connectivity index (χ1v) is 9.79. The van der Waals surface area contributed by atoms with Crippen molar-refractivity contribution in [2.24, 2.45) is 0 Å². The third-order valence-corrected chi connectivity index (χ3v) is 4.68. The van der Waals surface area contributed by atoms with Crippen LogP contribution in [-0.2, 0) is 0 Å². The number of carbonyl (C=O) groups is 1.